The first-order valence-corrected chi connectivity index (χ1v) is 11.3. The second-order valence-electron chi connectivity index (χ2n) is 7.67. The lowest BCUT2D eigenvalue weighted by atomic mass is 9.84. The Morgan fingerprint density at radius 1 is 0.839 bits per heavy atom. The van der Waals surface area contributed by atoms with Crippen LogP contribution in [-0.4, -0.2) is 9.97 Å². The molecule has 8 heteroatoms. The van der Waals surface area contributed by atoms with Crippen molar-refractivity contribution in [2.45, 2.75) is 44.2 Å². The van der Waals surface area contributed by atoms with Gasteiger partial charge in [0.25, 0.3) is 0 Å². The number of nitrogens with one attached hydrogen (secondary N) is 2. The predicted molar refractivity (Wildman–Crippen MR) is 125 cm³/mol. The Hall–Kier alpha value is -2.36. The summed E-state index contributed by atoms with van der Waals surface area (Å²) in [5, 5.41) is 5.79. The molecule has 0 spiro atoms. The highest BCUT2D eigenvalue weighted by molar-refractivity contribution is 14.1. The van der Waals surface area contributed by atoms with E-state index in [-0.39, 0.29) is 11.8 Å². The zero-order valence-corrected chi connectivity index (χ0v) is 18.9. The van der Waals surface area contributed by atoms with Crippen molar-refractivity contribution in [3.05, 3.63) is 69.4 Å². The Balaban J connectivity index is 1.54. The first kappa shape index (κ1) is 21.9. The van der Waals surface area contributed by atoms with Gasteiger partial charge in [-0.15, -0.1) is 0 Å². The van der Waals surface area contributed by atoms with E-state index in [9.17, 15) is 13.2 Å². The van der Waals surface area contributed by atoms with Crippen LogP contribution in [0.3, 0.4) is 0 Å². The molecule has 0 aliphatic heterocycles. The number of hydrogen-bond donors (Lipinski definition) is 2. The average molecular weight is 538 g/mol. The van der Waals surface area contributed by atoms with Gasteiger partial charge in [-0.25, -0.2) is 4.98 Å². The lowest BCUT2D eigenvalue weighted by Crippen LogP contribution is -2.12. The number of benzene rings is 2. The lowest BCUT2D eigenvalue weighted by molar-refractivity contribution is -0.137. The van der Waals surface area contributed by atoms with Crippen LogP contribution < -0.4 is 10.6 Å². The molecule has 4 nitrogen and oxygen atoms in total. The summed E-state index contributed by atoms with van der Waals surface area (Å²) in [6, 6.07) is 15.0. The highest BCUT2D eigenvalue weighted by Crippen LogP contribution is 2.36. The summed E-state index contributed by atoms with van der Waals surface area (Å²) in [4.78, 5) is 7.99. The van der Waals surface area contributed by atoms with Crippen LogP contribution >= 0.6 is 22.6 Å². The molecule has 1 heterocycles. The third-order valence-corrected chi connectivity index (χ3v) is 6.16. The third-order valence-electron chi connectivity index (χ3n) is 5.44. The van der Waals surface area contributed by atoms with E-state index in [1.165, 1.54) is 37.7 Å². The summed E-state index contributed by atoms with van der Waals surface area (Å²) >= 11 is 2.14. The van der Waals surface area contributed by atoms with Crippen molar-refractivity contribution in [3.63, 3.8) is 0 Å². The minimum Gasteiger partial charge on any atom is -0.340 e. The molecule has 162 valence electrons. The highest BCUT2D eigenvalue weighted by atomic mass is 127. The molecule has 0 amide bonds. The smallest absolute Gasteiger partial charge is 0.340 e. The van der Waals surface area contributed by atoms with Crippen molar-refractivity contribution in [1.29, 1.82) is 0 Å². The van der Waals surface area contributed by atoms with E-state index in [0.717, 1.165) is 15.5 Å². The first-order chi connectivity index (χ1) is 14.9. The molecule has 1 aliphatic rings. The molecule has 0 unspecified atom stereocenters. The molecule has 1 saturated carbocycles. The van der Waals surface area contributed by atoms with Crippen molar-refractivity contribution in [2.75, 3.05) is 10.6 Å². The van der Waals surface area contributed by atoms with Crippen molar-refractivity contribution < 1.29 is 13.2 Å². The number of alkyl halides is 3. The van der Waals surface area contributed by atoms with E-state index in [1.807, 2.05) is 24.3 Å². The van der Waals surface area contributed by atoms with Crippen LogP contribution in [0.15, 0.2) is 54.7 Å². The molecule has 2 N–H and O–H groups in total. The van der Waals surface area contributed by atoms with E-state index in [4.69, 9.17) is 0 Å². The molecule has 1 fully saturated rings. The lowest BCUT2D eigenvalue weighted by Gasteiger charge is -2.22. The van der Waals surface area contributed by atoms with Crippen molar-refractivity contribution in [3.8, 4) is 0 Å². The van der Waals surface area contributed by atoms with E-state index in [1.54, 1.807) is 12.1 Å². The van der Waals surface area contributed by atoms with Gasteiger partial charge in [0.15, 0.2) is 0 Å². The van der Waals surface area contributed by atoms with Crippen LogP contribution in [0.2, 0.25) is 0 Å². The summed E-state index contributed by atoms with van der Waals surface area (Å²) in [6.07, 6.45) is 2.50. The maximum Gasteiger partial charge on any atom is 0.421 e. The van der Waals surface area contributed by atoms with Crippen LogP contribution in [-0.2, 0) is 6.18 Å². The quantitative estimate of drug-likeness (QED) is 0.328. The molecule has 2 aromatic carbocycles. The molecule has 0 atom stereocenters. The highest BCUT2D eigenvalue weighted by Gasteiger charge is 2.35. The maximum atomic E-state index is 13.5. The molecule has 0 bridgehead atoms. The number of aromatic nitrogens is 2. The molecule has 0 radical (unpaired) electrons. The summed E-state index contributed by atoms with van der Waals surface area (Å²) in [6.45, 7) is 0. The monoisotopic (exact) mass is 538 g/mol. The molecule has 1 aromatic heterocycles. The third kappa shape index (κ3) is 5.66. The van der Waals surface area contributed by atoms with Crippen molar-refractivity contribution >= 4 is 45.7 Å². The maximum absolute atomic E-state index is 13.5. The number of hydrogen-bond acceptors (Lipinski definition) is 4. The molecule has 3 aromatic rings. The second kappa shape index (κ2) is 9.42. The Kier molecular flexibility index (Phi) is 6.64. The fourth-order valence-electron chi connectivity index (χ4n) is 3.82. The largest absolute Gasteiger partial charge is 0.421 e. The average Bonchev–Trinajstić information content (AvgIpc) is 2.76. The normalized spacial score (nSPS) is 15.0. The number of halogens is 4. The van der Waals surface area contributed by atoms with Crippen LogP contribution in [0.5, 0.6) is 0 Å². The van der Waals surface area contributed by atoms with Crippen LogP contribution in [0.1, 0.15) is 49.1 Å². The Bertz CT molecular complexity index is 1010. The minimum absolute atomic E-state index is 0.103. The molecular weight excluding hydrogens is 516 g/mol. The molecule has 1 aliphatic carbocycles. The minimum atomic E-state index is -4.56. The van der Waals surface area contributed by atoms with E-state index in [0.29, 0.717) is 11.6 Å². The first-order valence-electron chi connectivity index (χ1n) is 10.2. The van der Waals surface area contributed by atoms with E-state index >= 15 is 0 Å². The Morgan fingerprint density at radius 2 is 1.45 bits per heavy atom. The van der Waals surface area contributed by atoms with Gasteiger partial charge in [0.05, 0.1) is 0 Å². The van der Waals surface area contributed by atoms with Gasteiger partial charge in [-0.3, -0.25) is 0 Å². The van der Waals surface area contributed by atoms with Gasteiger partial charge in [-0.2, -0.15) is 18.2 Å². The van der Waals surface area contributed by atoms with Gasteiger partial charge in [-0.05, 0) is 83.3 Å². The van der Waals surface area contributed by atoms with Gasteiger partial charge in [0.2, 0.25) is 5.95 Å². The number of nitrogens with zero attached hydrogens (tertiary/aromatic N) is 2. The van der Waals surface area contributed by atoms with Crippen molar-refractivity contribution in [1.82, 2.24) is 9.97 Å². The predicted octanol–water partition coefficient (Wildman–Crippen LogP) is 7.63. The molecular formula is C23H22F3IN4. The summed E-state index contributed by atoms with van der Waals surface area (Å²) < 4.78 is 41.3. The fourth-order valence-corrected chi connectivity index (χ4v) is 4.18. The summed E-state index contributed by atoms with van der Waals surface area (Å²) in [7, 11) is 0. The Morgan fingerprint density at radius 3 is 2.10 bits per heavy atom. The Labute approximate surface area is 192 Å². The summed E-state index contributed by atoms with van der Waals surface area (Å²) in [5.74, 6) is 0.409. The van der Waals surface area contributed by atoms with Gasteiger partial charge in [0.1, 0.15) is 11.4 Å². The van der Waals surface area contributed by atoms with Gasteiger partial charge in [0, 0.05) is 21.1 Å². The zero-order chi connectivity index (χ0) is 21.8. The van der Waals surface area contributed by atoms with Crippen LogP contribution in [0, 0.1) is 3.57 Å². The van der Waals surface area contributed by atoms with Gasteiger partial charge < -0.3 is 10.6 Å². The van der Waals surface area contributed by atoms with E-state index < -0.39 is 11.7 Å². The van der Waals surface area contributed by atoms with Crippen LogP contribution in [0.25, 0.3) is 0 Å². The van der Waals surface area contributed by atoms with Crippen molar-refractivity contribution in [2.24, 2.45) is 0 Å². The zero-order valence-electron chi connectivity index (χ0n) is 16.7. The second-order valence-corrected chi connectivity index (χ2v) is 8.91. The van der Waals surface area contributed by atoms with Gasteiger partial charge in [-0.1, -0.05) is 31.4 Å². The number of rotatable bonds is 5. The van der Waals surface area contributed by atoms with Crippen LogP contribution in [0.4, 0.5) is 36.3 Å². The molecule has 4 rings (SSSR count). The topological polar surface area (TPSA) is 49.8 Å². The molecule has 31 heavy (non-hydrogen) atoms. The van der Waals surface area contributed by atoms with Gasteiger partial charge >= 0.3 is 6.18 Å². The standard InChI is InChI=1S/C23H22F3IN4/c24-23(25,26)20-14-28-22(31-21(20)29-18-12-8-17(27)9-13-18)30-19-10-6-16(7-11-19)15-4-2-1-3-5-15/h6-15H,1-5H2,(H2,28,29,30,31). The number of anilines is 4. The SMILES string of the molecule is FC(F)(F)c1cnc(Nc2ccc(C3CCCCC3)cc2)nc1Nc1ccc(I)cc1. The summed E-state index contributed by atoms with van der Waals surface area (Å²) in [5.41, 5.74) is 1.65. The molecule has 0 saturated heterocycles. The van der Waals surface area contributed by atoms with E-state index in [2.05, 4.69) is 55.3 Å². The fraction of sp³-hybridized carbons (Fsp3) is 0.304.